The maximum Gasteiger partial charge on any atom is 0.387 e. The number of esters is 1. The number of carbonyl (C=O) groups excluding carboxylic acids is 1. The van der Waals surface area contributed by atoms with E-state index >= 15 is 0 Å². The van der Waals surface area contributed by atoms with E-state index in [0.29, 0.717) is 10.1 Å². The Morgan fingerprint density at radius 1 is 1.07 bits per heavy atom. The summed E-state index contributed by atoms with van der Waals surface area (Å²) < 4.78 is 61.6. The number of nitrogens with zero attached hydrogens (tertiary/aromatic N) is 2. The van der Waals surface area contributed by atoms with Crippen LogP contribution in [-0.2, 0) is 4.74 Å². The Balaban J connectivity index is 1.85. The molecule has 1 aromatic heterocycles. The van der Waals surface area contributed by atoms with Crippen LogP contribution in [0.15, 0.2) is 48.5 Å². The second kappa shape index (κ2) is 7.65. The smallest absolute Gasteiger partial charge is 0.387 e. The topological polar surface area (TPSA) is 53.4 Å². The van der Waals surface area contributed by atoms with Crippen LogP contribution in [0.5, 0.6) is 5.75 Å². The van der Waals surface area contributed by atoms with E-state index in [2.05, 4.69) is 9.72 Å². The van der Waals surface area contributed by atoms with Crippen molar-refractivity contribution >= 4 is 17.0 Å². The number of para-hydroxylation sites is 2. The zero-order valence-corrected chi connectivity index (χ0v) is 14.0. The molecule has 0 fully saturated rings. The summed E-state index contributed by atoms with van der Waals surface area (Å²) in [6.07, 6.45) is -1.10. The van der Waals surface area contributed by atoms with Crippen LogP contribution in [0.1, 0.15) is 35.8 Å². The maximum atomic E-state index is 13.5. The highest BCUT2D eigenvalue weighted by Gasteiger charge is 2.24. The van der Waals surface area contributed by atoms with E-state index in [1.54, 1.807) is 18.2 Å². The van der Waals surface area contributed by atoms with Crippen LogP contribution in [0, 0.1) is 0 Å². The molecule has 0 radical (unpaired) electrons. The van der Waals surface area contributed by atoms with E-state index < -0.39 is 25.2 Å². The normalized spacial score (nSPS) is 12.6. The van der Waals surface area contributed by atoms with Gasteiger partial charge < -0.3 is 9.47 Å². The minimum Gasteiger partial charge on any atom is -0.451 e. The van der Waals surface area contributed by atoms with E-state index in [0.717, 1.165) is 6.07 Å². The molecule has 3 rings (SSSR count). The van der Waals surface area contributed by atoms with Crippen LogP contribution in [0.2, 0.25) is 0 Å². The molecule has 0 aliphatic carbocycles. The number of aromatic nitrogens is 2. The molecule has 9 heteroatoms. The lowest BCUT2D eigenvalue weighted by Crippen LogP contribution is -2.15. The molecule has 5 nitrogen and oxygen atoms in total. The summed E-state index contributed by atoms with van der Waals surface area (Å²) in [6.45, 7) is -4.52. The van der Waals surface area contributed by atoms with Gasteiger partial charge in [-0.15, -0.1) is 0 Å². The molecule has 0 N–H and O–H groups in total. The van der Waals surface area contributed by atoms with E-state index in [9.17, 15) is 22.4 Å². The molecule has 0 spiro atoms. The van der Waals surface area contributed by atoms with Gasteiger partial charge in [-0.2, -0.15) is 17.6 Å². The SMILES string of the molecule is CC(OC(=O)c1cccc(OC(F)F)c1)c1nc2ccccc2n1C(F)F. The summed E-state index contributed by atoms with van der Waals surface area (Å²) in [6, 6.07) is 11.3. The minimum absolute atomic E-state index is 0.0558. The number of benzene rings is 2. The first-order valence-corrected chi connectivity index (χ1v) is 7.87. The van der Waals surface area contributed by atoms with Crippen LogP contribution < -0.4 is 4.74 Å². The third-order valence-corrected chi connectivity index (χ3v) is 3.76. The Kier molecular flexibility index (Phi) is 5.29. The Morgan fingerprint density at radius 3 is 2.52 bits per heavy atom. The molecule has 1 unspecified atom stereocenters. The monoisotopic (exact) mass is 382 g/mol. The fraction of sp³-hybridized carbons (Fsp3) is 0.222. The summed E-state index contributed by atoms with van der Waals surface area (Å²) in [5.41, 5.74) is 0.487. The Bertz CT molecular complexity index is 959. The van der Waals surface area contributed by atoms with Crippen molar-refractivity contribution in [3.63, 3.8) is 0 Å². The van der Waals surface area contributed by atoms with Gasteiger partial charge in [-0.05, 0) is 37.3 Å². The number of halogens is 4. The van der Waals surface area contributed by atoms with Crippen LogP contribution in [0.4, 0.5) is 17.6 Å². The number of alkyl halides is 4. The van der Waals surface area contributed by atoms with E-state index in [4.69, 9.17) is 4.74 Å². The summed E-state index contributed by atoms with van der Waals surface area (Å²) in [4.78, 5) is 16.4. The van der Waals surface area contributed by atoms with Crippen LogP contribution >= 0.6 is 0 Å². The third-order valence-electron chi connectivity index (χ3n) is 3.76. The fourth-order valence-corrected chi connectivity index (χ4v) is 2.64. The van der Waals surface area contributed by atoms with Crippen molar-refractivity contribution in [2.45, 2.75) is 26.2 Å². The van der Waals surface area contributed by atoms with Crippen molar-refractivity contribution < 1.29 is 31.8 Å². The second-order valence-corrected chi connectivity index (χ2v) is 5.56. The number of carbonyl (C=O) groups is 1. The molecule has 27 heavy (non-hydrogen) atoms. The van der Waals surface area contributed by atoms with Gasteiger partial charge in [-0.3, -0.25) is 4.57 Å². The zero-order valence-electron chi connectivity index (χ0n) is 14.0. The van der Waals surface area contributed by atoms with E-state index in [-0.39, 0.29) is 22.7 Å². The molecule has 1 heterocycles. The minimum atomic E-state index is -3.04. The van der Waals surface area contributed by atoms with Crippen LogP contribution in [-0.4, -0.2) is 22.1 Å². The first-order valence-electron chi connectivity index (χ1n) is 7.87. The van der Waals surface area contributed by atoms with E-state index in [1.165, 1.54) is 31.2 Å². The highest BCUT2D eigenvalue weighted by molar-refractivity contribution is 5.90. The predicted octanol–water partition coefficient (Wildman–Crippen LogP) is 4.95. The second-order valence-electron chi connectivity index (χ2n) is 5.56. The van der Waals surface area contributed by atoms with Crippen molar-refractivity contribution in [1.29, 1.82) is 0 Å². The maximum absolute atomic E-state index is 13.5. The Hall–Kier alpha value is -3.10. The van der Waals surface area contributed by atoms with E-state index in [1.807, 2.05) is 0 Å². The van der Waals surface area contributed by atoms with Crippen molar-refractivity contribution in [1.82, 2.24) is 9.55 Å². The number of hydrogen-bond acceptors (Lipinski definition) is 4. The lowest BCUT2D eigenvalue weighted by atomic mass is 10.2. The molecular formula is C18H14F4N2O3. The van der Waals surface area contributed by atoms with Gasteiger partial charge in [0.1, 0.15) is 5.75 Å². The van der Waals surface area contributed by atoms with Crippen LogP contribution in [0.3, 0.4) is 0 Å². The average Bonchev–Trinajstić information content (AvgIpc) is 3.01. The van der Waals surface area contributed by atoms with Gasteiger partial charge in [0.25, 0.3) is 0 Å². The van der Waals surface area contributed by atoms with Gasteiger partial charge in [-0.25, -0.2) is 9.78 Å². The lowest BCUT2D eigenvalue weighted by Gasteiger charge is -2.15. The van der Waals surface area contributed by atoms with Gasteiger partial charge in [0.15, 0.2) is 11.9 Å². The molecule has 0 saturated carbocycles. The predicted molar refractivity (Wildman–Crippen MR) is 87.9 cm³/mol. The highest BCUT2D eigenvalue weighted by Crippen LogP contribution is 2.29. The molecule has 142 valence electrons. The fourth-order valence-electron chi connectivity index (χ4n) is 2.64. The number of rotatable bonds is 6. The average molecular weight is 382 g/mol. The molecule has 0 amide bonds. The number of imidazole rings is 1. The number of ether oxygens (including phenoxy) is 2. The number of fused-ring (bicyclic) bond motifs is 1. The standard InChI is InChI=1S/C18H14F4N2O3/c1-10(15-23-13-7-2-3-8-14(13)24(15)17(19)20)26-16(25)11-5-4-6-12(9-11)27-18(21)22/h2-10,17-18H,1H3. The van der Waals surface area contributed by atoms with Gasteiger partial charge in [0.2, 0.25) is 0 Å². The zero-order chi connectivity index (χ0) is 19.6. The molecular weight excluding hydrogens is 368 g/mol. The molecule has 1 atom stereocenters. The number of hydrogen-bond donors (Lipinski definition) is 0. The largest absolute Gasteiger partial charge is 0.451 e. The molecule has 0 bridgehead atoms. The Labute approximate surface area is 151 Å². The summed E-state index contributed by atoms with van der Waals surface area (Å²) in [7, 11) is 0. The van der Waals surface area contributed by atoms with Gasteiger partial charge in [0.05, 0.1) is 16.6 Å². The third kappa shape index (κ3) is 4.02. The highest BCUT2D eigenvalue weighted by atomic mass is 19.3. The molecule has 0 aliphatic rings. The van der Waals surface area contributed by atoms with Crippen LogP contribution in [0.25, 0.3) is 11.0 Å². The van der Waals surface area contributed by atoms with Gasteiger partial charge in [0, 0.05) is 0 Å². The van der Waals surface area contributed by atoms with Gasteiger partial charge in [-0.1, -0.05) is 18.2 Å². The molecule has 2 aromatic carbocycles. The Morgan fingerprint density at radius 2 is 1.81 bits per heavy atom. The van der Waals surface area contributed by atoms with Crippen molar-refractivity contribution in [3.8, 4) is 5.75 Å². The molecule has 0 aliphatic heterocycles. The van der Waals surface area contributed by atoms with Crippen molar-refractivity contribution in [3.05, 3.63) is 59.9 Å². The summed E-state index contributed by atoms with van der Waals surface area (Å²) in [5, 5.41) is 0. The van der Waals surface area contributed by atoms with Crippen molar-refractivity contribution in [2.75, 3.05) is 0 Å². The molecule has 0 saturated heterocycles. The summed E-state index contributed by atoms with van der Waals surface area (Å²) in [5.74, 6) is -1.22. The van der Waals surface area contributed by atoms with Gasteiger partial charge >= 0.3 is 19.1 Å². The lowest BCUT2D eigenvalue weighted by molar-refractivity contribution is -0.0499. The first kappa shape index (κ1) is 18.7. The summed E-state index contributed by atoms with van der Waals surface area (Å²) >= 11 is 0. The quantitative estimate of drug-likeness (QED) is 0.447. The molecule has 3 aromatic rings. The first-order chi connectivity index (χ1) is 12.9. The van der Waals surface area contributed by atoms with Crippen molar-refractivity contribution in [2.24, 2.45) is 0 Å².